The summed E-state index contributed by atoms with van der Waals surface area (Å²) in [4.78, 5) is 2.59. The van der Waals surface area contributed by atoms with Crippen LogP contribution in [0.1, 0.15) is 16.7 Å². The molecule has 144 valence electrons. The maximum absolute atomic E-state index is 13.0. The van der Waals surface area contributed by atoms with Gasteiger partial charge in [-0.3, -0.25) is 9.62 Å². The number of benzene rings is 3. The Hall–Kier alpha value is -2.70. The molecule has 3 aromatic rings. The van der Waals surface area contributed by atoms with E-state index in [2.05, 4.69) is 21.8 Å². The highest BCUT2D eigenvalue weighted by Crippen LogP contribution is 2.25. The Labute approximate surface area is 164 Å². The van der Waals surface area contributed by atoms with Gasteiger partial charge in [0.1, 0.15) is 5.82 Å². The summed E-state index contributed by atoms with van der Waals surface area (Å²) >= 11 is 0. The maximum atomic E-state index is 13.0. The molecule has 4 nitrogen and oxygen atoms in total. The largest absolute Gasteiger partial charge is 0.294 e. The summed E-state index contributed by atoms with van der Waals surface area (Å²) in [6.45, 7) is 2.57. The molecule has 28 heavy (non-hydrogen) atoms. The van der Waals surface area contributed by atoms with Crippen LogP contribution < -0.4 is 4.72 Å². The van der Waals surface area contributed by atoms with Crippen molar-refractivity contribution in [3.8, 4) is 0 Å². The average Bonchev–Trinajstić information content (AvgIpc) is 2.70. The Morgan fingerprint density at radius 1 is 0.929 bits per heavy atom. The molecule has 0 atom stereocenters. The standard InChI is InChI=1S/C22H21FN2O2S/c23-20-7-9-21(10-8-20)24-28(26,27)22-11-6-19-16-25(13-12-18(19)14-22)15-17-4-2-1-3-5-17/h1-11,14,24H,12-13,15-16H2. The van der Waals surface area contributed by atoms with Crippen LogP contribution in [0.4, 0.5) is 10.1 Å². The lowest BCUT2D eigenvalue weighted by atomic mass is 9.99. The molecule has 0 amide bonds. The smallest absolute Gasteiger partial charge is 0.261 e. The predicted molar refractivity (Wildman–Crippen MR) is 108 cm³/mol. The van der Waals surface area contributed by atoms with Gasteiger partial charge in [-0.2, -0.15) is 0 Å². The van der Waals surface area contributed by atoms with Gasteiger partial charge in [-0.15, -0.1) is 0 Å². The number of sulfonamides is 1. The lowest BCUT2D eigenvalue weighted by Crippen LogP contribution is -2.30. The zero-order chi connectivity index (χ0) is 19.6. The van der Waals surface area contributed by atoms with E-state index in [9.17, 15) is 12.8 Å². The molecule has 1 aliphatic rings. The van der Waals surface area contributed by atoms with Crippen LogP contribution in [-0.2, 0) is 29.5 Å². The van der Waals surface area contributed by atoms with Crippen molar-refractivity contribution in [3.05, 3.63) is 95.3 Å². The first kappa shape index (κ1) is 18.7. The predicted octanol–water partition coefficient (Wildman–Crippen LogP) is 4.18. The zero-order valence-electron chi connectivity index (χ0n) is 15.3. The molecule has 0 spiro atoms. The van der Waals surface area contributed by atoms with Gasteiger partial charge in [0, 0.05) is 25.3 Å². The van der Waals surface area contributed by atoms with Gasteiger partial charge in [0.05, 0.1) is 4.90 Å². The zero-order valence-corrected chi connectivity index (χ0v) is 16.1. The lowest BCUT2D eigenvalue weighted by Gasteiger charge is -2.29. The topological polar surface area (TPSA) is 49.4 Å². The summed E-state index contributed by atoms with van der Waals surface area (Å²) < 4.78 is 40.8. The molecule has 1 aliphatic heterocycles. The molecule has 0 aromatic heterocycles. The highest BCUT2D eigenvalue weighted by molar-refractivity contribution is 7.92. The third-order valence-corrected chi connectivity index (χ3v) is 6.30. The van der Waals surface area contributed by atoms with Crippen molar-refractivity contribution >= 4 is 15.7 Å². The van der Waals surface area contributed by atoms with Crippen LogP contribution in [0, 0.1) is 5.82 Å². The fourth-order valence-corrected chi connectivity index (χ4v) is 4.57. The first-order valence-electron chi connectivity index (χ1n) is 9.16. The first-order valence-corrected chi connectivity index (χ1v) is 10.6. The Kier molecular flexibility index (Phi) is 5.15. The van der Waals surface area contributed by atoms with Crippen molar-refractivity contribution in [2.45, 2.75) is 24.4 Å². The van der Waals surface area contributed by atoms with E-state index in [-0.39, 0.29) is 4.90 Å². The minimum absolute atomic E-state index is 0.229. The van der Waals surface area contributed by atoms with Gasteiger partial charge < -0.3 is 0 Å². The molecule has 0 bridgehead atoms. The molecule has 0 aliphatic carbocycles. The van der Waals surface area contributed by atoms with Crippen LogP contribution in [0.5, 0.6) is 0 Å². The third kappa shape index (κ3) is 4.24. The molecule has 0 saturated heterocycles. The van der Waals surface area contributed by atoms with Crippen molar-refractivity contribution in [1.82, 2.24) is 4.90 Å². The van der Waals surface area contributed by atoms with E-state index in [1.165, 1.54) is 29.8 Å². The second kappa shape index (κ2) is 7.73. The van der Waals surface area contributed by atoms with Gasteiger partial charge >= 0.3 is 0 Å². The van der Waals surface area contributed by atoms with Gasteiger partial charge in [0.2, 0.25) is 0 Å². The fourth-order valence-electron chi connectivity index (χ4n) is 3.46. The van der Waals surface area contributed by atoms with Gasteiger partial charge in [-0.05, 0) is 59.5 Å². The summed E-state index contributed by atoms with van der Waals surface area (Å²) in [5, 5.41) is 0. The molecule has 0 saturated carbocycles. The number of nitrogens with zero attached hydrogens (tertiary/aromatic N) is 1. The molecule has 0 fully saturated rings. The Bertz CT molecular complexity index is 1070. The number of hydrogen-bond acceptors (Lipinski definition) is 3. The molecular formula is C22H21FN2O2S. The van der Waals surface area contributed by atoms with E-state index in [1.807, 2.05) is 24.3 Å². The molecule has 0 unspecified atom stereocenters. The summed E-state index contributed by atoms with van der Waals surface area (Å²) in [6.07, 6.45) is 0.808. The Morgan fingerprint density at radius 3 is 2.43 bits per heavy atom. The lowest BCUT2D eigenvalue weighted by molar-refractivity contribution is 0.245. The normalized spacial score (nSPS) is 14.5. The second-order valence-electron chi connectivity index (χ2n) is 6.99. The fraction of sp³-hybridized carbons (Fsp3) is 0.182. The second-order valence-corrected chi connectivity index (χ2v) is 8.67. The van der Waals surface area contributed by atoms with Gasteiger partial charge in [0.25, 0.3) is 10.0 Å². The Morgan fingerprint density at radius 2 is 1.68 bits per heavy atom. The van der Waals surface area contributed by atoms with Crippen LogP contribution in [0.3, 0.4) is 0 Å². The quantitative estimate of drug-likeness (QED) is 0.704. The highest BCUT2D eigenvalue weighted by atomic mass is 32.2. The van der Waals surface area contributed by atoms with Crippen LogP contribution in [-0.4, -0.2) is 19.9 Å². The third-order valence-electron chi connectivity index (χ3n) is 4.92. The van der Waals surface area contributed by atoms with Gasteiger partial charge in [-0.1, -0.05) is 36.4 Å². The molecule has 1 N–H and O–H groups in total. The molecule has 1 heterocycles. The molecular weight excluding hydrogens is 375 g/mol. The minimum atomic E-state index is -3.71. The number of halogens is 1. The van der Waals surface area contributed by atoms with E-state index in [4.69, 9.17) is 0 Å². The van der Waals surface area contributed by atoms with E-state index in [1.54, 1.807) is 12.1 Å². The number of nitrogens with one attached hydrogen (secondary N) is 1. The van der Waals surface area contributed by atoms with Crippen molar-refractivity contribution in [2.24, 2.45) is 0 Å². The van der Waals surface area contributed by atoms with Crippen LogP contribution in [0.25, 0.3) is 0 Å². The molecule has 0 radical (unpaired) electrons. The summed E-state index contributed by atoms with van der Waals surface area (Å²) in [7, 11) is -3.71. The van der Waals surface area contributed by atoms with Gasteiger partial charge in [0.15, 0.2) is 0 Å². The highest BCUT2D eigenvalue weighted by Gasteiger charge is 2.20. The summed E-state index contributed by atoms with van der Waals surface area (Å²) in [6, 6.07) is 20.9. The first-order chi connectivity index (χ1) is 13.5. The van der Waals surface area contributed by atoms with Crippen molar-refractivity contribution < 1.29 is 12.8 Å². The minimum Gasteiger partial charge on any atom is -0.294 e. The monoisotopic (exact) mass is 396 g/mol. The molecule has 3 aromatic carbocycles. The van der Waals surface area contributed by atoms with E-state index < -0.39 is 15.8 Å². The molecule has 6 heteroatoms. The number of rotatable bonds is 5. The van der Waals surface area contributed by atoms with Crippen LogP contribution >= 0.6 is 0 Å². The van der Waals surface area contributed by atoms with E-state index >= 15 is 0 Å². The average molecular weight is 396 g/mol. The Balaban J connectivity index is 1.49. The number of anilines is 1. The van der Waals surface area contributed by atoms with Crippen LogP contribution in [0.2, 0.25) is 0 Å². The van der Waals surface area contributed by atoms with E-state index in [0.717, 1.165) is 37.2 Å². The van der Waals surface area contributed by atoms with Crippen molar-refractivity contribution in [2.75, 3.05) is 11.3 Å². The van der Waals surface area contributed by atoms with Gasteiger partial charge in [-0.25, -0.2) is 12.8 Å². The summed E-state index contributed by atoms with van der Waals surface area (Å²) in [5.41, 5.74) is 3.83. The molecule has 4 rings (SSSR count). The number of hydrogen-bond donors (Lipinski definition) is 1. The van der Waals surface area contributed by atoms with Crippen molar-refractivity contribution in [3.63, 3.8) is 0 Å². The SMILES string of the molecule is O=S(=O)(Nc1ccc(F)cc1)c1ccc2c(c1)CCN(Cc1ccccc1)C2. The maximum Gasteiger partial charge on any atom is 0.261 e. The summed E-state index contributed by atoms with van der Waals surface area (Å²) in [5.74, 6) is -0.406. The van der Waals surface area contributed by atoms with E-state index in [0.29, 0.717) is 5.69 Å². The van der Waals surface area contributed by atoms with Crippen molar-refractivity contribution in [1.29, 1.82) is 0 Å². The number of fused-ring (bicyclic) bond motifs is 1. The van der Waals surface area contributed by atoms with Crippen LogP contribution in [0.15, 0.2) is 77.7 Å².